The summed E-state index contributed by atoms with van der Waals surface area (Å²) in [5.74, 6) is 0.00563. The predicted molar refractivity (Wildman–Crippen MR) is 53.5 cm³/mol. The molecule has 0 bridgehead atoms. The molecule has 4 heteroatoms. The lowest BCUT2D eigenvalue weighted by Gasteiger charge is -2.21. The van der Waals surface area contributed by atoms with Crippen molar-refractivity contribution >= 4 is 5.69 Å². The third-order valence-corrected chi connectivity index (χ3v) is 3.51. The monoisotopic (exact) mass is 210 g/mol. The first kappa shape index (κ1) is 9.09. The van der Waals surface area contributed by atoms with Crippen molar-refractivity contribution in [3.8, 4) is 0 Å². The Labute approximate surface area is 86.7 Å². The average Bonchev–Trinajstić information content (AvgIpc) is 2.63. The number of piperidine rings is 1. The molecule has 1 aromatic carbocycles. The van der Waals surface area contributed by atoms with Crippen LogP contribution in [0.3, 0.4) is 0 Å². The van der Waals surface area contributed by atoms with Gasteiger partial charge in [-0.2, -0.15) is 0 Å². The summed E-state index contributed by atoms with van der Waals surface area (Å²) in [7, 11) is 0. The Hall–Kier alpha value is -1.16. The maximum Gasteiger partial charge on any atom is 0.149 e. The summed E-state index contributed by atoms with van der Waals surface area (Å²) in [5.41, 5.74) is 6.29. The lowest BCUT2D eigenvalue weighted by atomic mass is 10.2. The molecule has 2 atom stereocenters. The summed E-state index contributed by atoms with van der Waals surface area (Å²) >= 11 is 0. The van der Waals surface area contributed by atoms with Crippen LogP contribution in [0, 0.1) is 23.5 Å². The highest BCUT2D eigenvalue weighted by Gasteiger charge is 2.53. The zero-order valence-corrected chi connectivity index (χ0v) is 8.16. The van der Waals surface area contributed by atoms with Crippen LogP contribution in [-0.4, -0.2) is 19.1 Å². The average molecular weight is 210 g/mol. The van der Waals surface area contributed by atoms with Crippen LogP contribution in [0.2, 0.25) is 0 Å². The van der Waals surface area contributed by atoms with Crippen LogP contribution < -0.4 is 10.6 Å². The zero-order valence-electron chi connectivity index (χ0n) is 8.16. The molecule has 0 radical (unpaired) electrons. The molecule has 1 heterocycles. The van der Waals surface area contributed by atoms with Gasteiger partial charge in [0.05, 0.1) is 5.69 Å². The van der Waals surface area contributed by atoms with Crippen molar-refractivity contribution in [3.05, 3.63) is 29.8 Å². The molecule has 1 aliphatic carbocycles. The molecule has 80 valence electrons. The minimum atomic E-state index is -0.530. The number of hydrogen-bond acceptors (Lipinski definition) is 2. The maximum absolute atomic E-state index is 13.4. The van der Waals surface area contributed by atoms with E-state index in [1.54, 1.807) is 0 Å². The van der Waals surface area contributed by atoms with E-state index in [1.807, 2.05) is 4.90 Å². The van der Waals surface area contributed by atoms with Gasteiger partial charge in [-0.15, -0.1) is 0 Å². The number of nitrogens with two attached hydrogens (primary N) is 1. The van der Waals surface area contributed by atoms with Gasteiger partial charge in [0.2, 0.25) is 0 Å². The summed E-state index contributed by atoms with van der Waals surface area (Å²) in [6.45, 7) is 1.60. The van der Waals surface area contributed by atoms with Crippen molar-refractivity contribution in [2.24, 2.45) is 17.6 Å². The Morgan fingerprint density at radius 3 is 2.47 bits per heavy atom. The number of benzene rings is 1. The fourth-order valence-electron chi connectivity index (χ4n) is 2.51. The van der Waals surface area contributed by atoms with E-state index in [0.717, 1.165) is 19.2 Å². The summed E-state index contributed by atoms with van der Waals surface area (Å²) in [6, 6.07) is 4.02. The van der Waals surface area contributed by atoms with Crippen LogP contribution in [0.4, 0.5) is 14.5 Å². The summed E-state index contributed by atoms with van der Waals surface area (Å²) in [5, 5.41) is 0. The fraction of sp³-hybridized carbons (Fsp3) is 0.455. The molecule has 2 unspecified atom stereocenters. The largest absolute Gasteiger partial charge is 0.368 e. The second kappa shape index (κ2) is 2.92. The Balaban J connectivity index is 1.83. The summed E-state index contributed by atoms with van der Waals surface area (Å²) < 4.78 is 26.1. The van der Waals surface area contributed by atoms with E-state index in [1.165, 1.54) is 12.1 Å². The standard InChI is InChI=1S/C11H12F2N2/c12-6-1-2-10(9(13)3-6)15-4-7-8(5-15)11(7)14/h1-3,7-8,11H,4-5,14H2. The van der Waals surface area contributed by atoms with Gasteiger partial charge in [-0.3, -0.25) is 0 Å². The van der Waals surface area contributed by atoms with Gasteiger partial charge in [-0.25, -0.2) is 8.78 Å². The van der Waals surface area contributed by atoms with Crippen molar-refractivity contribution in [2.75, 3.05) is 18.0 Å². The van der Waals surface area contributed by atoms with Crippen LogP contribution in [0.15, 0.2) is 18.2 Å². The fourth-order valence-corrected chi connectivity index (χ4v) is 2.51. The van der Waals surface area contributed by atoms with E-state index in [-0.39, 0.29) is 0 Å². The quantitative estimate of drug-likeness (QED) is 0.758. The van der Waals surface area contributed by atoms with Gasteiger partial charge in [0.15, 0.2) is 0 Å². The number of hydrogen-bond donors (Lipinski definition) is 1. The van der Waals surface area contributed by atoms with Crippen LogP contribution in [-0.2, 0) is 0 Å². The van der Waals surface area contributed by atoms with Gasteiger partial charge in [0.25, 0.3) is 0 Å². The highest BCUT2D eigenvalue weighted by atomic mass is 19.1. The number of nitrogens with zero attached hydrogens (tertiary/aromatic N) is 1. The third kappa shape index (κ3) is 1.32. The van der Waals surface area contributed by atoms with Crippen LogP contribution >= 0.6 is 0 Å². The second-order valence-corrected chi connectivity index (χ2v) is 4.41. The molecule has 1 saturated carbocycles. The Morgan fingerprint density at radius 1 is 1.20 bits per heavy atom. The topological polar surface area (TPSA) is 29.3 Å². The smallest absolute Gasteiger partial charge is 0.149 e. The van der Waals surface area contributed by atoms with E-state index < -0.39 is 11.6 Å². The molecule has 2 aliphatic rings. The number of rotatable bonds is 1. The summed E-state index contributed by atoms with van der Waals surface area (Å²) in [6.07, 6.45) is 0. The molecule has 1 aromatic rings. The lowest BCUT2D eigenvalue weighted by Crippen LogP contribution is -2.28. The van der Waals surface area contributed by atoms with E-state index in [4.69, 9.17) is 5.73 Å². The molecular formula is C11H12F2N2. The molecule has 2 N–H and O–H groups in total. The molecule has 0 spiro atoms. The van der Waals surface area contributed by atoms with Crippen LogP contribution in [0.5, 0.6) is 0 Å². The van der Waals surface area contributed by atoms with Crippen molar-refractivity contribution in [1.82, 2.24) is 0 Å². The predicted octanol–water partition coefficient (Wildman–Crippen LogP) is 1.36. The minimum absolute atomic E-state index is 0.296. The molecule has 1 saturated heterocycles. The lowest BCUT2D eigenvalue weighted by molar-refractivity contribution is 0.578. The van der Waals surface area contributed by atoms with Crippen molar-refractivity contribution in [2.45, 2.75) is 6.04 Å². The molecule has 0 aromatic heterocycles. The van der Waals surface area contributed by atoms with Crippen LogP contribution in [0.25, 0.3) is 0 Å². The van der Waals surface area contributed by atoms with Crippen LogP contribution in [0.1, 0.15) is 0 Å². The van der Waals surface area contributed by atoms with Gasteiger partial charge in [-0.05, 0) is 24.0 Å². The molecule has 2 nitrogen and oxygen atoms in total. The molecule has 15 heavy (non-hydrogen) atoms. The Morgan fingerprint density at radius 2 is 1.87 bits per heavy atom. The molecule has 3 rings (SSSR count). The maximum atomic E-state index is 13.4. The number of fused-ring (bicyclic) bond motifs is 1. The van der Waals surface area contributed by atoms with Crippen molar-refractivity contribution in [3.63, 3.8) is 0 Å². The first-order chi connectivity index (χ1) is 7.16. The van der Waals surface area contributed by atoms with Crippen molar-refractivity contribution < 1.29 is 8.78 Å². The number of halogens is 2. The van der Waals surface area contributed by atoms with E-state index >= 15 is 0 Å². The first-order valence-electron chi connectivity index (χ1n) is 5.12. The van der Waals surface area contributed by atoms with Gasteiger partial charge in [0.1, 0.15) is 11.6 Å². The van der Waals surface area contributed by atoms with Gasteiger partial charge in [0, 0.05) is 25.2 Å². The normalized spacial score (nSPS) is 33.0. The molecular weight excluding hydrogens is 198 g/mol. The van der Waals surface area contributed by atoms with Gasteiger partial charge < -0.3 is 10.6 Å². The molecule has 0 amide bonds. The first-order valence-corrected chi connectivity index (χ1v) is 5.12. The zero-order chi connectivity index (χ0) is 10.6. The SMILES string of the molecule is NC1C2CN(c3ccc(F)cc3F)CC12. The van der Waals surface area contributed by atoms with Crippen molar-refractivity contribution in [1.29, 1.82) is 0 Å². The van der Waals surface area contributed by atoms with E-state index in [0.29, 0.717) is 23.6 Å². The van der Waals surface area contributed by atoms with Gasteiger partial charge in [-0.1, -0.05) is 0 Å². The highest BCUT2D eigenvalue weighted by Crippen LogP contribution is 2.45. The summed E-state index contributed by atoms with van der Waals surface area (Å²) in [4.78, 5) is 1.95. The van der Waals surface area contributed by atoms with Gasteiger partial charge >= 0.3 is 0 Å². The minimum Gasteiger partial charge on any atom is -0.368 e. The third-order valence-electron chi connectivity index (χ3n) is 3.51. The highest BCUT2D eigenvalue weighted by molar-refractivity contribution is 5.50. The molecule has 1 aliphatic heterocycles. The Kier molecular flexibility index (Phi) is 1.77. The number of anilines is 1. The van der Waals surface area contributed by atoms with E-state index in [9.17, 15) is 8.78 Å². The Bertz CT molecular complexity index is 396. The van der Waals surface area contributed by atoms with E-state index in [2.05, 4.69) is 0 Å². The molecule has 2 fully saturated rings. The second-order valence-electron chi connectivity index (χ2n) is 4.41.